The highest BCUT2D eigenvalue weighted by atomic mass is 35.5. The molecule has 9 heteroatoms. The van der Waals surface area contributed by atoms with Crippen molar-refractivity contribution in [3.63, 3.8) is 0 Å². The average Bonchev–Trinajstić information content (AvgIpc) is 2.85. The van der Waals surface area contributed by atoms with E-state index in [0.29, 0.717) is 0 Å². The van der Waals surface area contributed by atoms with E-state index in [-0.39, 0.29) is 33.0 Å². The van der Waals surface area contributed by atoms with Gasteiger partial charge in [-0.2, -0.15) is 0 Å². The third kappa shape index (κ3) is 3.56. The molecule has 0 amide bonds. The Hall–Kier alpha value is -1.54. The highest BCUT2D eigenvalue weighted by Gasteiger charge is 2.22. The number of furan rings is 1. The molecule has 0 saturated carbocycles. The van der Waals surface area contributed by atoms with Gasteiger partial charge in [-0.3, -0.25) is 0 Å². The molecule has 0 unspecified atom stereocenters. The second-order valence-electron chi connectivity index (χ2n) is 3.95. The minimum Gasteiger partial charge on any atom is -0.475 e. The SMILES string of the molecule is O=C(O)c1ccc(CNS(=O)(=O)c2c(Cl)cccc2Cl)o1. The van der Waals surface area contributed by atoms with E-state index in [0.717, 1.165) is 0 Å². The van der Waals surface area contributed by atoms with Gasteiger partial charge in [-0.05, 0) is 24.3 Å². The fourth-order valence-electron chi connectivity index (χ4n) is 1.57. The molecule has 1 aromatic heterocycles. The molecule has 112 valence electrons. The Bertz CT molecular complexity index is 764. The van der Waals surface area contributed by atoms with Crippen LogP contribution >= 0.6 is 23.2 Å². The first kappa shape index (κ1) is 15.8. The zero-order valence-electron chi connectivity index (χ0n) is 10.3. The molecular weight excluding hydrogens is 341 g/mol. The summed E-state index contributed by atoms with van der Waals surface area (Å²) in [6.07, 6.45) is 0. The van der Waals surface area contributed by atoms with Crippen molar-refractivity contribution < 1.29 is 22.7 Å². The second-order valence-corrected chi connectivity index (χ2v) is 6.46. The molecule has 0 aliphatic carbocycles. The van der Waals surface area contributed by atoms with Gasteiger partial charge in [-0.1, -0.05) is 29.3 Å². The Balaban J connectivity index is 2.20. The first-order chi connectivity index (χ1) is 9.81. The van der Waals surface area contributed by atoms with Gasteiger partial charge in [0.15, 0.2) is 0 Å². The fraction of sp³-hybridized carbons (Fsp3) is 0.0833. The van der Waals surface area contributed by atoms with Crippen molar-refractivity contribution >= 4 is 39.2 Å². The summed E-state index contributed by atoms with van der Waals surface area (Å²) in [5.74, 6) is -1.36. The van der Waals surface area contributed by atoms with Gasteiger partial charge in [-0.25, -0.2) is 17.9 Å². The Morgan fingerprint density at radius 1 is 1.19 bits per heavy atom. The zero-order valence-corrected chi connectivity index (χ0v) is 12.7. The highest BCUT2D eigenvalue weighted by molar-refractivity contribution is 7.89. The molecule has 1 heterocycles. The summed E-state index contributed by atoms with van der Waals surface area (Å²) < 4.78 is 31.5. The molecule has 0 radical (unpaired) electrons. The van der Waals surface area contributed by atoms with Crippen LogP contribution in [-0.4, -0.2) is 19.5 Å². The number of hydrogen-bond donors (Lipinski definition) is 2. The fourth-order valence-corrected chi connectivity index (χ4v) is 3.70. The minimum atomic E-state index is -3.95. The first-order valence-corrected chi connectivity index (χ1v) is 7.81. The van der Waals surface area contributed by atoms with E-state index in [1.54, 1.807) is 0 Å². The molecule has 21 heavy (non-hydrogen) atoms. The van der Waals surface area contributed by atoms with E-state index in [4.69, 9.17) is 32.7 Å². The number of benzene rings is 1. The molecule has 2 rings (SSSR count). The average molecular weight is 350 g/mol. The number of carboxylic acids is 1. The lowest BCUT2D eigenvalue weighted by molar-refractivity contribution is 0.0660. The summed E-state index contributed by atoms with van der Waals surface area (Å²) in [6.45, 7) is -0.225. The Labute approximate surface area is 130 Å². The summed E-state index contributed by atoms with van der Waals surface area (Å²) in [5, 5.41) is 8.68. The van der Waals surface area contributed by atoms with Crippen LogP contribution in [0.3, 0.4) is 0 Å². The van der Waals surface area contributed by atoms with Gasteiger partial charge in [0.05, 0.1) is 16.6 Å². The maximum atomic E-state index is 12.1. The number of rotatable bonds is 5. The largest absolute Gasteiger partial charge is 0.475 e. The Morgan fingerprint density at radius 3 is 2.33 bits per heavy atom. The smallest absolute Gasteiger partial charge is 0.371 e. The van der Waals surface area contributed by atoms with Crippen molar-refractivity contribution in [2.45, 2.75) is 11.4 Å². The third-order valence-electron chi connectivity index (χ3n) is 2.50. The van der Waals surface area contributed by atoms with Gasteiger partial charge in [0.2, 0.25) is 15.8 Å². The summed E-state index contributed by atoms with van der Waals surface area (Å²) in [6, 6.07) is 6.92. The van der Waals surface area contributed by atoms with Gasteiger partial charge in [-0.15, -0.1) is 0 Å². The van der Waals surface area contributed by atoms with E-state index < -0.39 is 16.0 Å². The normalized spacial score (nSPS) is 11.5. The lowest BCUT2D eigenvalue weighted by Gasteiger charge is -2.08. The monoisotopic (exact) mass is 349 g/mol. The number of sulfonamides is 1. The zero-order chi connectivity index (χ0) is 15.6. The van der Waals surface area contributed by atoms with Crippen LogP contribution in [0.4, 0.5) is 0 Å². The predicted molar refractivity (Wildman–Crippen MR) is 76.2 cm³/mol. The van der Waals surface area contributed by atoms with Crippen LogP contribution in [0.2, 0.25) is 10.0 Å². The van der Waals surface area contributed by atoms with Crippen molar-refractivity contribution in [3.8, 4) is 0 Å². The summed E-state index contributed by atoms with van der Waals surface area (Å²) in [7, 11) is -3.95. The molecule has 0 atom stereocenters. The van der Waals surface area contributed by atoms with Crippen molar-refractivity contribution in [2.24, 2.45) is 0 Å². The van der Waals surface area contributed by atoms with Gasteiger partial charge < -0.3 is 9.52 Å². The number of carboxylic acid groups (broad SMARTS) is 1. The van der Waals surface area contributed by atoms with Crippen molar-refractivity contribution in [2.75, 3.05) is 0 Å². The van der Waals surface area contributed by atoms with Gasteiger partial charge in [0.25, 0.3) is 0 Å². The van der Waals surface area contributed by atoms with Crippen LogP contribution < -0.4 is 4.72 Å². The molecule has 0 aliphatic rings. The Kier molecular flexibility index (Phi) is 4.58. The molecule has 0 saturated heterocycles. The molecule has 2 aromatic rings. The standard InChI is InChI=1S/C12H9Cl2NO5S/c13-8-2-1-3-9(14)11(8)21(18,19)15-6-7-4-5-10(20-7)12(16)17/h1-5,15H,6H2,(H,16,17). The molecule has 0 fully saturated rings. The van der Waals surface area contributed by atoms with Crippen molar-refractivity contribution in [3.05, 3.63) is 51.9 Å². The second kappa shape index (κ2) is 6.07. The van der Waals surface area contributed by atoms with Crippen molar-refractivity contribution in [1.29, 1.82) is 0 Å². The summed E-state index contributed by atoms with van der Waals surface area (Å²) in [5.41, 5.74) is 0. The summed E-state index contributed by atoms with van der Waals surface area (Å²) >= 11 is 11.7. The van der Waals surface area contributed by atoms with Crippen LogP contribution in [0.15, 0.2) is 39.6 Å². The predicted octanol–water partition coefficient (Wildman–Crippen LogP) is 2.76. The summed E-state index contributed by atoms with van der Waals surface area (Å²) in [4.78, 5) is 10.4. The van der Waals surface area contributed by atoms with E-state index in [1.807, 2.05) is 0 Å². The maximum absolute atomic E-state index is 12.1. The van der Waals surface area contributed by atoms with Crippen LogP contribution in [-0.2, 0) is 16.6 Å². The van der Waals surface area contributed by atoms with E-state index in [9.17, 15) is 13.2 Å². The van der Waals surface area contributed by atoms with Gasteiger partial charge in [0.1, 0.15) is 10.7 Å². The topological polar surface area (TPSA) is 96.6 Å². The molecule has 0 aliphatic heterocycles. The molecule has 1 aromatic carbocycles. The number of nitrogens with one attached hydrogen (secondary N) is 1. The van der Waals surface area contributed by atoms with E-state index in [2.05, 4.69) is 4.72 Å². The molecule has 2 N–H and O–H groups in total. The molecule has 6 nitrogen and oxygen atoms in total. The highest BCUT2D eigenvalue weighted by Crippen LogP contribution is 2.28. The van der Waals surface area contributed by atoms with E-state index >= 15 is 0 Å². The van der Waals surface area contributed by atoms with E-state index in [1.165, 1.54) is 30.3 Å². The number of hydrogen-bond acceptors (Lipinski definition) is 4. The molecular formula is C12H9Cl2NO5S. The number of halogens is 2. The van der Waals surface area contributed by atoms with Crippen LogP contribution in [0.1, 0.15) is 16.3 Å². The lowest BCUT2D eigenvalue weighted by atomic mass is 10.4. The molecule has 0 bridgehead atoms. The van der Waals surface area contributed by atoms with Crippen LogP contribution in [0.5, 0.6) is 0 Å². The number of carbonyl (C=O) groups is 1. The van der Waals surface area contributed by atoms with Gasteiger partial charge >= 0.3 is 5.97 Å². The first-order valence-electron chi connectivity index (χ1n) is 5.57. The van der Waals surface area contributed by atoms with Crippen LogP contribution in [0, 0.1) is 0 Å². The Morgan fingerprint density at radius 2 is 1.81 bits per heavy atom. The molecule has 0 spiro atoms. The third-order valence-corrected chi connectivity index (χ3v) is 4.85. The maximum Gasteiger partial charge on any atom is 0.371 e. The van der Waals surface area contributed by atoms with Crippen molar-refractivity contribution in [1.82, 2.24) is 4.72 Å². The van der Waals surface area contributed by atoms with Crippen LogP contribution in [0.25, 0.3) is 0 Å². The minimum absolute atomic E-state index is 0.0133. The van der Waals surface area contributed by atoms with Gasteiger partial charge in [0, 0.05) is 0 Å². The quantitative estimate of drug-likeness (QED) is 0.864. The number of aromatic carboxylic acids is 1. The lowest BCUT2D eigenvalue weighted by Crippen LogP contribution is -2.23.